The van der Waals surface area contributed by atoms with Gasteiger partial charge in [-0.2, -0.15) is 8.75 Å². The maximum absolute atomic E-state index is 12.1. The second kappa shape index (κ2) is 5.50. The number of hydrogen-bond acceptors (Lipinski definition) is 5. The van der Waals surface area contributed by atoms with Crippen LogP contribution in [-0.2, 0) is 0 Å². The molecule has 5 nitrogen and oxygen atoms in total. The van der Waals surface area contributed by atoms with Gasteiger partial charge in [-0.05, 0) is 24.7 Å². The molecule has 2 aliphatic rings. The molecule has 0 aromatic carbocycles. The van der Waals surface area contributed by atoms with Gasteiger partial charge in [0, 0.05) is 19.1 Å². The molecule has 0 radical (unpaired) electrons. The van der Waals surface area contributed by atoms with Crippen molar-refractivity contribution in [3.8, 4) is 0 Å². The van der Waals surface area contributed by atoms with Crippen LogP contribution in [0.1, 0.15) is 29.8 Å². The summed E-state index contributed by atoms with van der Waals surface area (Å²) in [6, 6.07) is 0.264. The first-order chi connectivity index (χ1) is 8.25. The summed E-state index contributed by atoms with van der Waals surface area (Å²) < 4.78 is 7.88. The van der Waals surface area contributed by atoms with Crippen molar-refractivity contribution in [1.29, 1.82) is 0 Å². The second-order valence-electron chi connectivity index (χ2n) is 5.02. The highest BCUT2D eigenvalue weighted by Gasteiger charge is 2.40. The van der Waals surface area contributed by atoms with Crippen LogP contribution in [0.25, 0.3) is 0 Å². The van der Waals surface area contributed by atoms with E-state index in [9.17, 15) is 4.79 Å². The Labute approximate surface area is 116 Å². The normalized spacial score (nSPS) is 30.7. The largest absolute Gasteiger partial charge is 0.337 e. The van der Waals surface area contributed by atoms with Gasteiger partial charge in [0.15, 0.2) is 5.69 Å². The van der Waals surface area contributed by atoms with Crippen molar-refractivity contribution in [2.45, 2.75) is 25.3 Å². The van der Waals surface area contributed by atoms with Gasteiger partial charge < -0.3 is 10.6 Å². The van der Waals surface area contributed by atoms with Crippen LogP contribution in [0, 0.1) is 11.8 Å². The van der Waals surface area contributed by atoms with Crippen LogP contribution in [0.4, 0.5) is 0 Å². The SMILES string of the molecule is Cl.NC1CCCC2CN(C(=O)c3cnsn3)CC12. The van der Waals surface area contributed by atoms with E-state index >= 15 is 0 Å². The Balaban J connectivity index is 0.00000120. The number of halogens is 1. The Morgan fingerprint density at radius 3 is 2.94 bits per heavy atom. The fourth-order valence-electron chi connectivity index (χ4n) is 3.10. The minimum Gasteiger partial charge on any atom is -0.337 e. The highest BCUT2D eigenvalue weighted by molar-refractivity contribution is 6.99. The lowest BCUT2D eigenvalue weighted by Crippen LogP contribution is -2.38. The van der Waals surface area contributed by atoms with Crippen LogP contribution in [0.5, 0.6) is 0 Å². The van der Waals surface area contributed by atoms with Crippen molar-refractivity contribution in [3.63, 3.8) is 0 Å². The fourth-order valence-corrected chi connectivity index (χ4v) is 3.51. The van der Waals surface area contributed by atoms with E-state index in [-0.39, 0.29) is 24.4 Å². The lowest BCUT2D eigenvalue weighted by Gasteiger charge is -2.29. The van der Waals surface area contributed by atoms with E-state index in [0.717, 1.165) is 31.2 Å². The van der Waals surface area contributed by atoms with Gasteiger partial charge in [0.05, 0.1) is 17.9 Å². The fraction of sp³-hybridized carbons (Fsp3) is 0.727. The van der Waals surface area contributed by atoms with Crippen molar-refractivity contribution in [1.82, 2.24) is 13.6 Å². The van der Waals surface area contributed by atoms with E-state index in [0.29, 0.717) is 17.5 Å². The summed E-state index contributed by atoms with van der Waals surface area (Å²) in [7, 11) is 0. The first-order valence-corrected chi connectivity index (χ1v) is 6.81. The molecule has 1 aliphatic carbocycles. The third-order valence-corrected chi connectivity index (χ3v) is 4.50. The van der Waals surface area contributed by atoms with Gasteiger partial charge in [0.1, 0.15) is 0 Å². The number of likely N-dealkylation sites (tertiary alicyclic amines) is 1. The first-order valence-electron chi connectivity index (χ1n) is 6.08. The average Bonchev–Trinajstić information content (AvgIpc) is 2.98. The van der Waals surface area contributed by atoms with Crippen molar-refractivity contribution in [2.24, 2.45) is 17.6 Å². The maximum atomic E-state index is 12.1. The van der Waals surface area contributed by atoms with E-state index in [1.807, 2.05) is 4.90 Å². The molecule has 100 valence electrons. The van der Waals surface area contributed by atoms with Gasteiger partial charge in [-0.3, -0.25) is 4.79 Å². The van der Waals surface area contributed by atoms with Crippen LogP contribution < -0.4 is 5.73 Å². The number of carbonyl (C=O) groups excluding carboxylic acids is 1. The number of hydrogen-bond donors (Lipinski definition) is 1. The van der Waals surface area contributed by atoms with Crippen LogP contribution in [0.3, 0.4) is 0 Å². The highest BCUT2D eigenvalue weighted by Crippen LogP contribution is 2.35. The quantitative estimate of drug-likeness (QED) is 0.842. The topological polar surface area (TPSA) is 72.1 Å². The number of amides is 1. The predicted octanol–water partition coefficient (Wildman–Crippen LogP) is 1.16. The Hall–Kier alpha value is -0.720. The molecule has 3 atom stereocenters. The Kier molecular flexibility index (Phi) is 4.19. The molecule has 1 aromatic rings. The van der Waals surface area contributed by atoms with Gasteiger partial charge in [-0.25, -0.2) is 0 Å². The molecular weight excluding hydrogens is 272 g/mol. The molecule has 3 unspecified atom stereocenters. The van der Waals surface area contributed by atoms with E-state index in [2.05, 4.69) is 8.75 Å². The highest BCUT2D eigenvalue weighted by atomic mass is 35.5. The Morgan fingerprint density at radius 1 is 1.44 bits per heavy atom. The molecule has 0 bridgehead atoms. The lowest BCUT2D eigenvalue weighted by molar-refractivity contribution is 0.0778. The third-order valence-electron chi connectivity index (χ3n) is 4.02. The molecule has 18 heavy (non-hydrogen) atoms. The molecule has 7 heteroatoms. The zero-order valence-corrected chi connectivity index (χ0v) is 11.6. The number of nitrogens with two attached hydrogens (primary N) is 1. The molecule has 1 aliphatic heterocycles. The molecule has 3 rings (SSSR count). The van der Waals surface area contributed by atoms with E-state index in [4.69, 9.17) is 5.73 Å². The van der Waals surface area contributed by atoms with E-state index < -0.39 is 0 Å². The van der Waals surface area contributed by atoms with Crippen molar-refractivity contribution < 1.29 is 4.79 Å². The summed E-state index contributed by atoms with van der Waals surface area (Å²) in [6.45, 7) is 1.64. The minimum atomic E-state index is 0. The van der Waals surface area contributed by atoms with Crippen LogP contribution in [0.2, 0.25) is 0 Å². The number of nitrogens with zero attached hydrogens (tertiary/aromatic N) is 3. The minimum absolute atomic E-state index is 0. The van der Waals surface area contributed by atoms with Crippen LogP contribution in [-0.4, -0.2) is 38.7 Å². The summed E-state index contributed by atoms with van der Waals surface area (Å²) in [4.78, 5) is 14.0. The Morgan fingerprint density at radius 2 is 2.28 bits per heavy atom. The summed E-state index contributed by atoms with van der Waals surface area (Å²) in [6.07, 6.45) is 5.05. The zero-order valence-electron chi connectivity index (χ0n) is 9.99. The number of aromatic nitrogens is 2. The van der Waals surface area contributed by atoms with Crippen molar-refractivity contribution in [3.05, 3.63) is 11.9 Å². The molecule has 2 fully saturated rings. The predicted molar refractivity (Wildman–Crippen MR) is 71.9 cm³/mol. The lowest BCUT2D eigenvalue weighted by atomic mass is 9.78. The summed E-state index contributed by atoms with van der Waals surface area (Å²) in [5.74, 6) is 1.09. The molecule has 2 N–H and O–H groups in total. The molecule has 1 amide bonds. The standard InChI is InChI=1S/C11H16N4OS.ClH/c12-9-3-1-2-7-5-15(6-8(7)9)11(16)10-4-13-17-14-10;/h4,7-9H,1-3,5-6,12H2;1H. The van der Waals surface area contributed by atoms with Gasteiger partial charge in [0.25, 0.3) is 5.91 Å². The summed E-state index contributed by atoms with van der Waals surface area (Å²) >= 11 is 1.08. The molecule has 1 saturated heterocycles. The number of fused-ring (bicyclic) bond motifs is 1. The number of rotatable bonds is 1. The van der Waals surface area contributed by atoms with Crippen LogP contribution in [0.15, 0.2) is 6.20 Å². The third kappa shape index (κ3) is 2.37. The summed E-state index contributed by atoms with van der Waals surface area (Å²) in [5.41, 5.74) is 6.61. The molecular formula is C11H17ClN4OS. The van der Waals surface area contributed by atoms with Gasteiger partial charge in [-0.1, -0.05) is 6.42 Å². The average molecular weight is 289 g/mol. The second-order valence-corrected chi connectivity index (χ2v) is 5.58. The maximum Gasteiger partial charge on any atom is 0.275 e. The van der Waals surface area contributed by atoms with Crippen LogP contribution >= 0.6 is 24.1 Å². The van der Waals surface area contributed by atoms with E-state index in [1.165, 1.54) is 12.8 Å². The molecule has 1 aromatic heterocycles. The monoisotopic (exact) mass is 288 g/mol. The van der Waals surface area contributed by atoms with Gasteiger partial charge in [0.2, 0.25) is 0 Å². The molecule has 1 saturated carbocycles. The Bertz CT molecular complexity index is 413. The van der Waals surface area contributed by atoms with Crippen molar-refractivity contribution in [2.75, 3.05) is 13.1 Å². The summed E-state index contributed by atoms with van der Waals surface area (Å²) in [5, 5.41) is 0. The molecule has 0 spiro atoms. The van der Waals surface area contributed by atoms with E-state index in [1.54, 1.807) is 6.20 Å². The first kappa shape index (κ1) is 13.7. The molecule has 2 heterocycles. The van der Waals surface area contributed by atoms with Crippen molar-refractivity contribution >= 4 is 30.0 Å². The zero-order chi connectivity index (χ0) is 11.8. The van der Waals surface area contributed by atoms with Gasteiger partial charge in [-0.15, -0.1) is 12.4 Å². The van der Waals surface area contributed by atoms with Gasteiger partial charge >= 0.3 is 0 Å². The smallest absolute Gasteiger partial charge is 0.275 e. The number of carbonyl (C=O) groups is 1.